The molecular formula is C33H30O8. The van der Waals surface area contributed by atoms with Gasteiger partial charge in [0.05, 0.1) is 29.4 Å². The van der Waals surface area contributed by atoms with Crippen molar-refractivity contribution in [2.24, 2.45) is 0 Å². The van der Waals surface area contributed by atoms with Crippen LogP contribution in [0, 0.1) is 13.8 Å². The lowest BCUT2D eigenvalue weighted by molar-refractivity contribution is 0.0463. The lowest BCUT2D eigenvalue weighted by Crippen LogP contribution is -2.09. The van der Waals surface area contributed by atoms with Gasteiger partial charge in [0.15, 0.2) is 0 Å². The quantitative estimate of drug-likeness (QED) is 0.203. The molecule has 0 amide bonds. The van der Waals surface area contributed by atoms with Crippen LogP contribution >= 0.6 is 0 Å². The molecular weight excluding hydrogens is 524 g/mol. The number of methoxy groups -OCH3 is 1. The van der Waals surface area contributed by atoms with Crippen LogP contribution in [-0.2, 0) is 27.4 Å². The summed E-state index contributed by atoms with van der Waals surface area (Å²) in [5.74, 6) is -2.31. The molecule has 41 heavy (non-hydrogen) atoms. The minimum atomic E-state index is -1.02. The molecule has 4 rings (SSSR count). The number of carbonyl (C=O) groups excluding carboxylic acids is 3. The van der Waals surface area contributed by atoms with Crippen LogP contribution in [0.2, 0.25) is 0 Å². The third-order valence-corrected chi connectivity index (χ3v) is 5.99. The molecule has 0 aliphatic heterocycles. The number of ether oxygens (including phenoxy) is 3. The molecule has 0 saturated carbocycles. The highest BCUT2D eigenvalue weighted by Gasteiger charge is 2.15. The molecule has 4 aromatic carbocycles. The number of hydrogen-bond acceptors (Lipinski definition) is 7. The molecule has 0 aliphatic carbocycles. The first-order valence-electron chi connectivity index (χ1n) is 12.6. The number of carboxylic acids is 1. The largest absolute Gasteiger partial charge is 0.478 e. The Morgan fingerprint density at radius 3 is 1.39 bits per heavy atom. The number of carboxylic acid groups (broad SMARTS) is 1. The second-order valence-electron chi connectivity index (χ2n) is 8.98. The van der Waals surface area contributed by atoms with Crippen LogP contribution in [0.5, 0.6) is 0 Å². The van der Waals surface area contributed by atoms with Crippen molar-refractivity contribution in [2.45, 2.75) is 27.1 Å². The van der Waals surface area contributed by atoms with Crippen LogP contribution in [0.4, 0.5) is 0 Å². The number of carbonyl (C=O) groups is 4. The monoisotopic (exact) mass is 554 g/mol. The molecule has 210 valence electrons. The fraction of sp³-hybridized carbons (Fsp3) is 0.152. The second kappa shape index (κ2) is 14.8. The van der Waals surface area contributed by atoms with Gasteiger partial charge in [-0.1, -0.05) is 60.7 Å². The maximum Gasteiger partial charge on any atom is 0.338 e. The smallest absolute Gasteiger partial charge is 0.338 e. The standard InChI is InChI=1S/C17H16O4.C16H14O4/c1-12-10-14(16(18)20-2)8-9-15(12)17(19)21-11-13-6-4-3-5-7-13;1-11-9-13(15(17)18)7-8-14(11)16(19)20-10-12-5-3-2-4-6-12/h3-10H,11H2,1-2H3;2-9H,10H2,1H3,(H,17,18). The summed E-state index contributed by atoms with van der Waals surface area (Å²) < 4.78 is 15.1. The first kappa shape index (κ1) is 30.3. The highest BCUT2D eigenvalue weighted by Crippen LogP contribution is 2.15. The van der Waals surface area contributed by atoms with Gasteiger partial charge in [-0.05, 0) is 72.5 Å². The van der Waals surface area contributed by atoms with E-state index in [1.807, 2.05) is 60.7 Å². The molecule has 8 heteroatoms. The van der Waals surface area contributed by atoms with Crippen LogP contribution in [-0.4, -0.2) is 36.1 Å². The lowest BCUT2D eigenvalue weighted by atomic mass is 10.1. The zero-order chi connectivity index (χ0) is 29.8. The summed E-state index contributed by atoms with van der Waals surface area (Å²) in [5, 5.41) is 8.87. The predicted octanol–water partition coefficient (Wildman–Crippen LogP) is 6.19. The Hall–Kier alpha value is -5.24. The summed E-state index contributed by atoms with van der Waals surface area (Å²) in [6.07, 6.45) is 0. The van der Waals surface area contributed by atoms with Gasteiger partial charge in [0.1, 0.15) is 13.2 Å². The Kier molecular flexibility index (Phi) is 10.9. The van der Waals surface area contributed by atoms with Gasteiger partial charge >= 0.3 is 23.9 Å². The summed E-state index contributed by atoms with van der Waals surface area (Å²) in [5.41, 5.74) is 4.48. The van der Waals surface area contributed by atoms with E-state index in [0.717, 1.165) is 11.1 Å². The van der Waals surface area contributed by atoms with Crippen molar-refractivity contribution in [3.63, 3.8) is 0 Å². The van der Waals surface area contributed by atoms with E-state index in [1.165, 1.54) is 25.3 Å². The number of rotatable bonds is 8. The van der Waals surface area contributed by atoms with Gasteiger partial charge in [-0.15, -0.1) is 0 Å². The lowest BCUT2D eigenvalue weighted by Gasteiger charge is -2.08. The van der Waals surface area contributed by atoms with Gasteiger partial charge in [-0.25, -0.2) is 19.2 Å². The Bertz CT molecular complexity index is 1510. The van der Waals surface area contributed by atoms with E-state index in [-0.39, 0.29) is 18.8 Å². The molecule has 0 atom stereocenters. The fourth-order valence-corrected chi connectivity index (χ4v) is 3.76. The Morgan fingerprint density at radius 2 is 1.00 bits per heavy atom. The molecule has 0 aliphatic rings. The predicted molar refractivity (Wildman–Crippen MR) is 152 cm³/mol. The van der Waals surface area contributed by atoms with E-state index in [9.17, 15) is 19.2 Å². The molecule has 0 bridgehead atoms. The van der Waals surface area contributed by atoms with Crippen LogP contribution in [0.25, 0.3) is 0 Å². The molecule has 0 saturated heterocycles. The molecule has 0 spiro atoms. The van der Waals surface area contributed by atoms with Crippen LogP contribution < -0.4 is 0 Å². The fourth-order valence-electron chi connectivity index (χ4n) is 3.76. The van der Waals surface area contributed by atoms with E-state index in [4.69, 9.17) is 14.6 Å². The highest BCUT2D eigenvalue weighted by atomic mass is 16.5. The summed E-state index contributed by atoms with van der Waals surface area (Å²) in [7, 11) is 1.32. The van der Waals surface area contributed by atoms with Crippen molar-refractivity contribution in [2.75, 3.05) is 7.11 Å². The molecule has 0 radical (unpaired) electrons. The van der Waals surface area contributed by atoms with Gasteiger partial charge in [-0.2, -0.15) is 0 Å². The molecule has 0 aromatic heterocycles. The zero-order valence-corrected chi connectivity index (χ0v) is 23.0. The summed E-state index contributed by atoms with van der Waals surface area (Å²) >= 11 is 0. The molecule has 0 fully saturated rings. The topological polar surface area (TPSA) is 116 Å². The van der Waals surface area contributed by atoms with Crippen molar-refractivity contribution in [3.05, 3.63) is 142 Å². The van der Waals surface area contributed by atoms with E-state index < -0.39 is 23.9 Å². The molecule has 8 nitrogen and oxygen atoms in total. The van der Waals surface area contributed by atoms with E-state index >= 15 is 0 Å². The number of aromatic carboxylic acids is 1. The van der Waals surface area contributed by atoms with Crippen molar-refractivity contribution < 1.29 is 38.5 Å². The van der Waals surface area contributed by atoms with Crippen molar-refractivity contribution in [1.29, 1.82) is 0 Å². The highest BCUT2D eigenvalue weighted by molar-refractivity contribution is 5.95. The summed E-state index contributed by atoms with van der Waals surface area (Å²) in [4.78, 5) is 46.2. The van der Waals surface area contributed by atoms with Crippen molar-refractivity contribution in [1.82, 2.24) is 0 Å². The average molecular weight is 555 g/mol. The zero-order valence-electron chi connectivity index (χ0n) is 23.0. The SMILES string of the molecule is COC(=O)c1ccc(C(=O)OCc2ccccc2)c(C)c1.Cc1cc(C(=O)O)ccc1C(=O)OCc1ccccc1. The summed E-state index contributed by atoms with van der Waals surface area (Å²) in [6, 6.07) is 27.9. The molecule has 1 N–H and O–H groups in total. The first-order valence-corrected chi connectivity index (χ1v) is 12.6. The normalized spacial score (nSPS) is 10.0. The number of aryl methyl sites for hydroxylation is 2. The third-order valence-electron chi connectivity index (χ3n) is 5.99. The van der Waals surface area contributed by atoms with E-state index in [0.29, 0.717) is 27.8 Å². The Labute approximate surface area is 238 Å². The maximum atomic E-state index is 12.1. The van der Waals surface area contributed by atoms with Crippen LogP contribution in [0.3, 0.4) is 0 Å². The van der Waals surface area contributed by atoms with Gasteiger partial charge in [0.2, 0.25) is 0 Å². The average Bonchev–Trinajstić information content (AvgIpc) is 2.99. The van der Waals surface area contributed by atoms with Gasteiger partial charge in [0, 0.05) is 0 Å². The van der Waals surface area contributed by atoms with E-state index in [2.05, 4.69) is 4.74 Å². The maximum absolute atomic E-state index is 12.1. The van der Waals surface area contributed by atoms with Gasteiger partial charge in [0.25, 0.3) is 0 Å². The van der Waals surface area contributed by atoms with E-state index in [1.54, 1.807) is 32.0 Å². The van der Waals surface area contributed by atoms with Gasteiger partial charge < -0.3 is 19.3 Å². The third kappa shape index (κ3) is 8.90. The van der Waals surface area contributed by atoms with Crippen molar-refractivity contribution >= 4 is 23.9 Å². The Morgan fingerprint density at radius 1 is 0.585 bits per heavy atom. The number of hydrogen-bond donors (Lipinski definition) is 1. The summed E-state index contributed by atoms with van der Waals surface area (Å²) in [6.45, 7) is 3.86. The first-order chi connectivity index (χ1) is 19.7. The van der Waals surface area contributed by atoms with Crippen LogP contribution in [0.15, 0.2) is 97.1 Å². The number of benzene rings is 4. The van der Waals surface area contributed by atoms with Crippen molar-refractivity contribution in [3.8, 4) is 0 Å². The number of esters is 3. The Balaban J connectivity index is 0.000000226. The van der Waals surface area contributed by atoms with Gasteiger partial charge in [-0.3, -0.25) is 0 Å². The molecule has 0 heterocycles. The minimum absolute atomic E-state index is 0.155. The van der Waals surface area contributed by atoms with Crippen LogP contribution in [0.1, 0.15) is 63.7 Å². The molecule has 4 aromatic rings. The molecule has 0 unspecified atom stereocenters. The second-order valence-corrected chi connectivity index (χ2v) is 8.98. The minimum Gasteiger partial charge on any atom is -0.478 e.